The molecule has 1 fully saturated rings. The third-order valence-electron chi connectivity index (χ3n) is 3.37. The summed E-state index contributed by atoms with van der Waals surface area (Å²) in [6.07, 6.45) is 0. The second-order valence-corrected chi connectivity index (χ2v) is 5.52. The summed E-state index contributed by atoms with van der Waals surface area (Å²) in [6.45, 7) is 7.60. The van der Waals surface area contributed by atoms with Crippen molar-refractivity contribution < 1.29 is 4.79 Å². The Hall–Kier alpha value is -1.06. The average molecular weight is 267 g/mol. The third-order valence-corrected chi connectivity index (χ3v) is 3.78. The van der Waals surface area contributed by atoms with E-state index in [0.29, 0.717) is 10.9 Å². The van der Waals surface area contributed by atoms with Crippen molar-refractivity contribution >= 4 is 23.2 Å². The number of halogens is 1. The summed E-state index contributed by atoms with van der Waals surface area (Å²) >= 11 is 6.14. The van der Waals surface area contributed by atoms with Crippen LogP contribution >= 0.6 is 11.6 Å². The molecule has 2 atom stereocenters. The van der Waals surface area contributed by atoms with Gasteiger partial charge in [0.25, 0.3) is 0 Å². The Morgan fingerprint density at radius 2 is 2.11 bits per heavy atom. The van der Waals surface area contributed by atoms with E-state index in [1.807, 2.05) is 36.9 Å². The van der Waals surface area contributed by atoms with Gasteiger partial charge in [-0.2, -0.15) is 0 Å². The highest BCUT2D eigenvalue weighted by Crippen LogP contribution is 2.25. The normalized spacial score (nSPS) is 25.1. The van der Waals surface area contributed by atoms with Gasteiger partial charge < -0.3 is 10.2 Å². The van der Waals surface area contributed by atoms with E-state index in [1.165, 1.54) is 0 Å². The number of nitrogens with zero attached hydrogens (tertiary/aromatic N) is 1. The molecule has 1 amide bonds. The van der Waals surface area contributed by atoms with Gasteiger partial charge in [0, 0.05) is 23.8 Å². The zero-order valence-corrected chi connectivity index (χ0v) is 11.8. The molecular formula is C14H19ClN2O. The monoisotopic (exact) mass is 266 g/mol. The molecule has 0 aromatic heterocycles. The van der Waals surface area contributed by atoms with Crippen molar-refractivity contribution in [1.82, 2.24) is 5.32 Å². The quantitative estimate of drug-likeness (QED) is 0.848. The van der Waals surface area contributed by atoms with Crippen molar-refractivity contribution in [2.75, 3.05) is 18.0 Å². The summed E-state index contributed by atoms with van der Waals surface area (Å²) in [5, 5.41) is 3.95. The fraction of sp³-hybridized carbons (Fsp3) is 0.500. The Balaban J connectivity index is 2.33. The number of aryl methyl sites for hydroxylation is 1. The SMILES string of the molecule is Cc1ccc(N2CC(C)CNC(C)C2=O)cc1Cl. The van der Waals surface area contributed by atoms with Crippen LogP contribution in [0.25, 0.3) is 0 Å². The fourth-order valence-electron chi connectivity index (χ4n) is 2.15. The molecule has 0 aliphatic carbocycles. The molecule has 2 unspecified atom stereocenters. The van der Waals surface area contributed by atoms with Crippen LogP contribution in [-0.4, -0.2) is 25.0 Å². The van der Waals surface area contributed by atoms with Crippen molar-refractivity contribution in [3.8, 4) is 0 Å². The van der Waals surface area contributed by atoms with E-state index in [2.05, 4.69) is 12.2 Å². The summed E-state index contributed by atoms with van der Waals surface area (Å²) in [6, 6.07) is 5.65. The molecule has 1 aliphatic heterocycles. The van der Waals surface area contributed by atoms with Crippen LogP contribution in [0.2, 0.25) is 5.02 Å². The van der Waals surface area contributed by atoms with Crippen LogP contribution in [0, 0.1) is 12.8 Å². The highest BCUT2D eigenvalue weighted by atomic mass is 35.5. The van der Waals surface area contributed by atoms with E-state index in [4.69, 9.17) is 11.6 Å². The van der Waals surface area contributed by atoms with E-state index in [1.54, 1.807) is 0 Å². The van der Waals surface area contributed by atoms with Crippen molar-refractivity contribution in [2.24, 2.45) is 5.92 Å². The number of hydrogen-bond donors (Lipinski definition) is 1. The molecule has 1 aromatic carbocycles. The van der Waals surface area contributed by atoms with Gasteiger partial charge in [-0.15, -0.1) is 0 Å². The van der Waals surface area contributed by atoms with E-state index in [-0.39, 0.29) is 11.9 Å². The van der Waals surface area contributed by atoms with Crippen molar-refractivity contribution in [3.05, 3.63) is 28.8 Å². The summed E-state index contributed by atoms with van der Waals surface area (Å²) in [4.78, 5) is 14.1. The maximum absolute atomic E-state index is 12.3. The maximum atomic E-state index is 12.3. The van der Waals surface area contributed by atoms with Crippen molar-refractivity contribution in [2.45, 2.75) is 26.8 Å². The molecule has 1 aromatic rings. The predicted octanol–water partition coefficient (Wildman–Crippen LogP) is 2.61. The minimum atomic E-state index is -0.143. The summed E-state index contributed by atoms with van der Waals surface area (Å²) in [5.74, 6) is 0.540. The number of carbonyl (C=O) groups is 1. The second kappa shape index (κ2) is 5.29. The standard InChI is InChI=1S/C14H19ClN2O/c1-9-7-16-11(3)14(18)17(8-9)12-5-4-10(2)13(15)6-12/h4-6,9,11,16H,7-8H2,1-3H3. The summed E-state index contributed by atoms with van der Waals surface area (Å²) < 4.78 is 0. The van der Waals surface area contributed by atoms with Gasteiger partial charge in [-0.3, -0.25) is 4.79 Å². The largest absolute Gasteiger partial charge is 0.311 e. The molecule has 1 aliphatic rings. The van der Waals surface area contributed by atoms with Crippen molar-refractivity contribution in [3.63, 3.8) is 0 Å². The molecule has 4 heteroatoms. The molecule has 0 saturated carbocycles. The molecule has 3 nitrogen and oxygen atoms in total. The topological polar surface area (TPSA) is 32.3 Å². The lowest BCUT2D eigenvalue weighted by Gasteiger charge is -2.24. The molecule has 0 radical (unpaired) electrons. The summed E-state index contributed by atoms with van der Waals surface area (Å²) in [7, 11) is 0. The number of amides is 1. The zero-order chi connectivity index (χ0) is 13.3. The minimum Gasteiger partial charge on any atom is -0.311 e. The maximum Gasteiger partial charge on any atom is 0.243 e. The van der Waals surface area contributed by atoms with Crippen LogP contribution in [0.4, 0.5) is 5.69 Å². The van der Waals surface area contributed by atoms with Gasteiger partial charge in [0.2, 0.25) is 5.91 Å². The highest BCUT2D eigenvalue weighted by Gasteiger charge is 2.27. The fourth-order valence-corrected chi connectivity index (χ4v) is 2.32. The second-order valence-electron chi connectivity index (χ2n) is 5.12. The number of anilines is 1. The Labute approximate surface area is 113 Å². The number of carbonyl (C=O) groups excluding carboxylic acids is 1. The van der Waals surface area contributed by atoms with Gasteiger partial charge in [-0.05, 0) is 37.5 Å². The Bertz CT molecular complexity index is 461. The molecule has 98 valence electrons. The summed E-state index contributed by atoms with van der Waals surface area (Å²) in [5.41, 5.74) is 1.92. The van der Waals surface area contributed by atoms with Gasteiger partial charge in [-0.25, -0.2) is 0 Å². The molecule has 1 saturated heterocycles. The lowest BCUT2D eigenvalue weighted by molar-refractivity contribution is -0.119. The lowest BCUT2D eigenvalue weighted by atomic mass is 10.1. The molecule has 1 N–H and O–H groups in total. The third kappa shape index (κ3) is 2.68. The first kappa shape index (κ1) is 13.4. The van der Waals surface area contributed by atoms with E-state index < -0.39 is 0 Å². The smallest absolute Gasteiger partial charge is 0.243 e. The predicted molar refractivity (Wildman–Crippen MR) is 75.2 cm³/mol. The first-order valence-electron chi connectivity index (χ1n) is 6.30. The molecule has 18 heavy (non-hydrogen) atoms. The Morgan fingerprint density at radius 1 is 1.39 bits per heavy atom. The Kier molecular flexibility index (Phi) is 3.93. The van der Waals surface area contributed by atoms with Crippen LogP contribution in [-0.2, 0) is 4.79 Å². The number of nitrogens with one attached hydrogen (secondary N) is 1. The number of hydrogen-bond acceptors (Lipinski definition) is 2. The van der Waals surface area contributed by atoms with Crippen molar-refractivity contribution in [1.29, 1.82) is 0 Å². The van der Waals surface area contributed by atoms with Gasteiger partial charge >= 0.3 is 0 Å². The zero-order valence-electron chi connectivity index (χ0n) is 11.0. The first-order valence-corrected chi connectivity index (χ1v) is 6.67. The first-order chi connectivity index (χ1) is 8.49. The number of benzene rings is 1. The molecular weight excluding hydrogens is 248 g/mol. The molecule has 2 rings (SSSR count). The van der Waals surface area contributed by atoms with E-state index in [0.717, 1.165) is 24.3 Å². The van der Waals surface area contributed by atoms with E-state index in [9.17, 15) is 4.79 Å². The van der Waals surface area contributed by atoms with Gasteiger partial charge in [0.1, 0.15) is 0 Å². The molecule has 1 heterocycles. The van der Waals surface area contributed by atoms with Gasteiger partial charge in [-0.1, -0.05) is 24.6 Å². The lowest BCUT2D eigenvalue weighted by Crippen LogP contribution is -2.41. The van der Waals surface area contributed by atoms with Gasteiger partial charge in [0.15, 0.2) is 0 Å². The van der Waals surface area contributed by atoms with Gasteiger partial charge in [0.05, 0.1) is 6.04 Å². The van der Waals surface area contributed by atoms with Crippen LogP contribution in [0.1, 0.15) is 19.4 Å². The van der Waals surface area contributed by atoms with Crippen LogP contribution < -0.4 is 10.2 Å². The molecule has 0 bridgehead atoms. The highest BCUT2D eigenvalue weighted by molar-refractivity contribution is 6.31. The number of rotatable bonds is 1. The van der Waals surface area contributed by atoms with Crippen LogP contribution in [0.5, 0.6) is 0 Å². The van der Waals surface area contributed by atoms with Crippen LogP contribution in [0.15, 0.2) is 18.2 Å². The Morgan fingerprint density at radius 3 is 2.78 bits per heavy atom. The van der Waals surface area contributed by atoms with Crippen LogP contribution in [0.3, 0.4) is 0 Å². The molecule has 0 spiro atoms. The average Bonchev–Trinajstić information content (AvgIpc) is 2.46. The minimum absolute atomic E-state index is 0.110. The van der Waals surface area contributed by atoms with E-state index >= 15 is 0 Å².